The van der Waals surface area contributed by atoms with Crippen molar-refractivity contribution >= 4 is 33.7 Å². The maximum Gasteiger partial charge on any atom is 0.269 e. The molecule has 2 radical (unpaired) electrons. The van der Waals surface area contributed by atoms with Gasteiger partial charge in [0.05, 0.1) is 27.9 Å². The van der Waals surface area contributed by atoms with Crippen molar-refractivity contribution in [2.75, 3.05) is 13.7 Å². The third-order valence-corrected chi connectivity index (χ3v) is 8.68. The predicted octanol–water partition coefficient (Wildman–Crippen LogP) is 1.59. The molecule has 194 valence electrons. The van der Waals surface area contributed by atoms with Crippen LogP contribution >= 0.6 is 0 Å². The number of hydrogen-bond acceptors (Lipinski definition) is 8. The Morgan fingerprint density at radius 3 is 2.08 bits per heavy atom. The van der Waals surface area contributed by atoms with Crippen LogP contribution in [0.15, 0.2) is 88.7 Å². The molecule has 0 bridgehead atoms. The second-order valence-electron chi connectivity index (χ2n) is 8.08. The van der Waals surface area contributed by atoms with Crippen molar-refractivity contribution in [3.8, 4) is 5.75 Å². The quantitative estimate of drug-likeness (QED) is 0.197. The zero-order valence-electron chi connectivity index (χ0n) is 19.8. The zero-order chi connectivity index (χ0) is 27.2. The van der Waals surface area contributed by atoms with Crippen molar-refractivity contribution in [1.82, 2.24) is 8.94 Å². The van der Waals surface area contributed by atoms with E-state index in [1.165, 1.54) is 31.4 Å². The fourth-order valence-corrected chi connectivity index (χ4v) is 5.86. The summed E-state index contributed by atoms with van der Waals surface area (Å²) < 4.78 is 60.3. The molecule has 3 rings (SSSR count). The molecule has 0 saturated carbocycles. The second kappa shape index (κ2) is 11.8. The van der Waals surface area contributed by atoms with Gasteiger partial charge in [-0.15, -0.1) is 0 Å². The average molecular weight is 544 g/mol. The molecule has 0 aliphatic heterocycles. The number of sulfonamides is 2. The molecule has 14 heteroatoms. The van der Waals surface area contributed by atoms with Gasteiger partial charge in [0.2, 0.25) is 28.0 Å². The van der Waals surface area contributed by atoms with Gasteiger partial charge in [-0.25, -0.2) is 21.6 Å². The highest BCUT2D eigenvalue weighted by Gasteiger charge is 2.30. The van der Waals surface area contributed by atoms with Gasteiger partial charge in [0.1, 0.15) is 5.75 Å². The molecule has 11 nitrogen and oxygen atoms in total. The van der Waals surface area contributed by atoms with Gasteiger partial charge in [-0.3, -0.25) is 14.3 Å². The first-order valence-corrected chi connectivity index (χ1v) is 13.8. The Bertz CT molecular complexity index is 1420. The zero-order valence-corrected chi connectivity index (χ0v) is 21.4. The van der Waals surface area contributed by atoms with Gasteiger partial charge < -0.3 is 10.5 Å². The van der Waals surface area contributed by atoms with Gasteiger partial charge in [-0.1, -0.05) is 30.3 Å². The molecule has 0 fully saturated rings. The van der Waals surface area contributed by atoms with Crippen molar-refractivity contribution in [3.05, 3.63) is 94.5 Å². The van der Waals surface area contributed by atoms with Gasteiger partial charge in [0.25, 0.3) is 5.69 Å². The van der Waals surface area contributed by atoms with Crippen molar-refractivity contribution in [1.29, 1.82) is 0 Å². The topological polar surface area (TPSA) is 162 Å². The SMILES string of the molecule is [B]N(C[C@@H](NS(=O)(=O)c1ccc([N+](=O)[O-])cc1)[C@@H](N)Cc1ccccc1)S(=O)(=O)c1ccc(OC)cc1. The number of benzene rings is 3. The van der Waals surface area contributed by atoms with Gasteiger partial charge in [0, 0.05) is 24.7 Å². The maximum atomic E-state index is 13.1. The van der Waals surface area contributed by atoms with E-state index in [1.54, 1.807) is 24.3 Å². The molecule has 0 aromatic heterocycles. The standard InChI is InChI=1S/C23H25BN4O7S2/c1-35-19-9-13-21(14-10-19)37(33,34)27(24)16-23(22(25)15-17-5-3-2-4-6-17)26-36(31,32)20-11-7-18(8-12-20)28(29)30/h2-14,22-23,26H,15-16,25H2,1H3/t22-,23+/m0/s1. The Balaban J connectivity index is 1.89. The average Bonchev–Trinajstić information content (AvgIpc) is 2.88. The van der Waals surface area contributed by atoms with E-state index in [0.29, 0.717) is 9.97 Å². The molecule has 0 spiro atoms. The summed E-state index contributed by atoms with van der Waals surface area (Å²) in [6, 6.07) is 16.8. The van der Waals surface area contributed by atoms with Crippen molar-refractivity contribution in [3.63, 3.8) is 0 Å². The van der Waals surface area contributed by atoms with Crippen LogP contribution in [0.25, 0.3) is 0 Å². The number of nitrogens with one attached hydrogen (secondary N) is 1. The predicted molar refractivity (Wildman–Crippen MR) is 138 cm³/mol. The van der Waals surface area contributed by atoms with E-state index in [0.717, 1.165) is 29.8 Å². The lowest BCUT2D eigenvalue weighted by molar-refractivity contribution is -0.384. The number of nitrogens with zero attached hydrogens (tertiary/aromatic N) is 2. The Labute approximate surface area is 216 Å². The lowest BCUT2D eigenvalue weighted by Crippen LogP contribution is -2.54. The number of rotatable bonds is 12. The number of nitro benzene ring substituents is 1. The largest absolute Gasteiger partial charge is 0.497 e. The summed E-state index contributed by atoms with van der Waals surface area (Å²) >= 11 is 0. The summed E-state index contributed by atoms with van der Waals surface area (Å²) in [5.41, 5.74) is 6.88. The van der Waals surface area contributed by atoms with Gasteiger partial charge in [0.15, 0.2) is 0 Å². The molecule has 37 heavy (non-hydrogen) atoms. The lowest BCUT2D eigenvalue weighted by atomic mass is 10.0. The maximum absolute atomic E-state index is 13.1. The van der Waals surface area contributed by atoms with E-state index in [2.05, 4.69) is 4.72 Å². The fourth-order valence-electron chi connectivity index (χ4n) is 3.48. The molecule has 3 aromatic carbocycles. The normalized spacial score (nSPS) is 13.7. The van der Waals surface area contributed by atoms with E-state index in [-0.39, 0.29) is 21.9 Å². The molecule has 0 heterocycles. The van der Waals surface area contributed by atoms with E-state index in [1.807, 2.05) is 6.07 Å². The van der Waals surface area contributed by atoms with E-state index in [4.69, 9.17) is 18.5 Å². The molecule has 3 N–H and O–H groups in total. The van der Waals surface area contributed by atoms with Crippen LogP contribution < -0.4 is 15.2 Å². The van der Waals surface area contributed by atoms with Crippen LogP contribution in [-0.4, -0.2) is 59.7 Å². The summed E-state index contributed by atoms with van der Waals surface area (Å²) in [4.78, 5) is 9.88. The molecule has 0 amide bonds. The lowest BCUT2D eigenvalue weighted by Gasteiger charge is -2.29. The molecule has 0 aliphatic carbocycles. The number of nitro groups is 1. The van der Waals surface area contributed by atoms with Crippen LogP contribution in [0.3, 0.4) is 0 Å². The summed E-state index contributed by atoms with van der Waals surface area (Å²) in [5.74, 6) is 0.445. The third-order valence-electron chi connectivity index (χ3n) is 5.54. The summed E-state index contributed by atoms with van der Waals surface area (Å²) in [6.45, 7) is -0.491. The molecule has 3 aromatic rings. The number of methoxy groups -OCH3 is 1. The number of hydrogen-bond donors (Lipinski definition) is 2. The van der Waals surface area contributed by atoms with Crippen LogP contribution in [0.4, 0.5) is 5.69 Å². The van der Waals surface area contributed by atoms with Crippen LogP contribution in [0.5, 0.6) is 5.75 Å². The molecule has 0 unspecified atom stereocenters. The van der Waals surface area contributed by atoms with Crippen molar-refractivity contribution in [2.24, 2.45) is 5.73 Å². The van der Waals surface area contributed by atoms with Crippen LogP contribution in [0.2, 0.25) is 0 Å². The van der Waals surface area contributed by atoms with E-state index >= 15 is 0 Å². The Kier molecular flexibility index (Phi) is 9.05. The highest BCUT2D eigenvalue weighted by molar-refractivity contribution is 7.90. The first-order valence-electron chi connectivity index (χ1n) is 10.9. The third kappa shape index (κ3) is 7.14. The Hall–Kier alpha value is -3.30. The first-order chi connectivity index (χ1) is 17.4. The number of ether oxygens (including phenoxy) is 1. The molecule has 0 aliphatic rings. The number of nitrogens with two attached hydrogens (primary N) is 1. The van der Waals surface area contributed by atoms with Crippen molar-refractivity contribution in [2.45, 2.75) is 28.3 Å². The number of non-ortho nitro benzene ring substituents is 1. The molecular formula is C23H25BN4O7S2. The highest BCUT2D eigenvalue weighted by atomic mass is 32.2. The minimum Gasteiger partial charge on any atom is -0.497 e. The monoisotopic (exact) mass is 544 g/mol. The molecule has 0 saturated heterocycles. The Morgan fingerprint density at radius 2 is 1.54 bits per heavy atom. The minimum atomic E-state index is -4.25. The van der Waals surface area contributed by atoms with Crippen LogP contribution in [0, 0.1) is 10.1 Å². The summed E-state index contributed by atoms with van der Waals surface area (Å²) in [6.07, 6.45) is 0.213. The minimum absolute atomic E-state index is 0.121. The van der Waals surface area contributed by atoms with Crippen LogP contribution in [0.1, 0.15) is 5.56 Å². The highest BCUT2D eigenvalue weighted by Crippen LogP contribution is 2.20. The molecule has 2 atom stereocenters. The summed E-state index contributed by atoms with van der Waals surface area (Å²) in [5, 5.41) is 10.9. The van der Waals surface area contributed by atoms with Gasteiger partial charge in [-0.05, 0) is 48.4 Å². The van der Waals surface area contributed by atoms with Gasteiger partial charge >= 0.3 is 0 Å². The van der Waals surface area contributed by atoms with E-state index in [9.17, 15) is 26.9 Å². The van der Waals surface area contributed by atoms with E-state index < -0.39 is 43.6 Å². The van der Waals surface area contributed by atoms with Crippen molar-refractivity contribution < 1.29 is 26.5 Å². The Morgan fingerprint density at radius 1 is 0.973 bits per heavy atom. The second-order valence-corrected chi connectivity index (χ2v) is 11.7. The smallest absolute Gasteiger partial charge is 0.269 e. The fraction of sp³-hybridized carbons (Fsp3) is 0.217. The van der Waals surface area contributed by atoms with Crippen LogP contribution in [-0.2, 0) is 26.5 Å². The van der Waals surface area contributed by atoms with Gasteiger partial charge in [-0.2, -0.15) is 0 Å². The first kappa shape index (κ1) is 28.3. The summed E-state index contributed by atoms with van der Waals surface area (Å²) in [7, 11) is -1.08. The molecular weight excluding hydrogens is 519 g/mol.